The molecule has 0 aromatic rings. The van der Waals surface area contributed by atoms with Gasteiger partial charge in [0, 0.05) is 59.0 Å². The molecule has 0 spiro atoms. The summed E-state index contributed by atoms with van der Waals surface area (Å²) in [6.45, 7) is 5.59. The molecular weight excluding hydrogens is 812 g/mol. The van der Waals surface area contributed by atoms with Gasteiger partial charge in [-0.15, -0.1) is 0 Å². The zero-order valence-electron chi connectivity index (χ0n) is 28.4. The second-order valence-electron chi connectivity index (χ2n) is 9.91. The third kappa shape index (κ3) is 15.3. The molecule has 52 heavy (non-hydrogen) atoms. The maximum absolute atomic E-state index is 14.0. The molecule has 0 saturated heterocycles. The Morgan fingerprint density at radius 2 is 1.08 bits per heavy atom. The van der Waals surface area contributed by atoms with Gasteiger partial charge in [-0.3, -0.25) is 0 Å². The number of primary amides is 2. The average Bonchev–Trinajstić information content (AvgIpc) is 3.00. The Morgan fingerprint density at radius 1 is 0.712 bits per heavy atom. The molecule has 0 aliphatic carbocycles. The highest BCUT2D eigenvalue weighted by atomic mass is 32.2. The lowest BCUT2D eigenvalue weighted by atomic mass is 9.93. The van der Waals surface area contributed by atoms with Gasteiger partial charge in [0.05, 0.1) is 5.75 Å². The average molecular weight is 856 g/mol. The second-order valence-corrected chi connectivity index (χ2v) is 14.8. The van der Waals surface area contributed by atoms with E-state index < -0.39 is 85.4 Å². The fourth-order valence-corrected chi connectivity index (χ4v) is 7.43. The molecule has 0 fully saturated rings. The summed E-state index contributed by atoms with van der Waals surface area (Å²) in [5.74, 6) is -40.1. The van der Waals surface area contributed by atoms with Gasteiger partial charge in [0.1, 0.15) is 0 Å². The van der Waals surface area contributed by atoms with E-state index in [9.17, 15) is 74.4 Å². The highest BCUT2D eigenvalue weighted by Gasteiger charge is 2.90. The van der Waals surface area contributed by atoms with Crippen LogP contribution in [0.15, 0.2) is 0 Å². The van der Waals surface area contributed by atoms with E-state index in [0.29, 0.717) is 39.3 Å². The van der Waals surface area contributed by atoms with Crippen LogP contribution < -0.4 is 22.1 Å². The van der Waals surface area contributed by atoms with E-state index in [1.165, 1.54) is 0 Å². The van der Waals surface area contributed by atoms with E-state index in [4.69, 9.17) is 18.1 Å². The SMILES string of the molecule is CCO[Si](CCCNC(=O)NCCCN(C)S(=O)(=O)CCC(F)(F)C(F)(F)C(F)(F)C(F)(F)C(F)(F)C(F)(F)F)(OCC)OCC.F[SiH3].NC(N)=O. The Balaban J connectivity index is -0.00000372. The number of alkyl halides is 13. The number of halogens is 14. The first-order valence-electron chi connectivity index (χ1n) is 14.7. The van der Waals surface area contributed by atoms with Crippen molar-refractivity contribution >= 4 is 41.5 Å². The van der Waals surface area contributed by atoms with Crippen molar-refractivity contribution in [3.8, 4) is 0 Å². The van der Waals surface area contributed by atoms with Crippen LogP contribution in [0.4, 0.5) is 70.8 Å². The lowest BCUT2D eigenvalue weighted by molar-refractivity contribution is -0.439. The predicted molar refractivity (Wildman–Crippen MR) is 163 cm³/mol. The Morgan fingerprint density at radius 3 is 1.44 bits per heavy atom. The lowest BCUT2D eigenvalue weighted by Gasteiger charge is -2.39. The molecule has 0 aliphatic heterocycles. The summed E-state index contributed by atoms with van der Waals surface area (Å²) in [6, 6.07) is -1.17. The molecule has 6 N–H and O–H groups in total. The molecule has 0 heterocycles. The van der Waals surface area contributed by atoms with Gasteiger partial charge in [-0.05, 0) is 33.6 Å². The minimum Gasteiger partial charge on any atom is -0.374 e. The molecule has 314 valence electrons. The molecule has 29 heteroatoms. The highest BCUT2D eigenvalue weighted by Crippen LogP contribution is 2.60. The number of nitrogens with one attached hydrogen (secondary N) is 2. The van der Waals surface area contributed by atoms with E-state index >= 15 is 0 Å². The number of nitrogens with zero attached hydrogens (tertiary/aromatic N) is 1. The summed E-state index contributed by atoms with van der Waals surface area (Å²) in [5.41, 5.74) is 8.50. The zero-order chi connectivity index (χ0) is 42.0. The third-order valence-electron chi connectivity index (χ3n) is 6.12. The van der Waals surface area contributed by atoms with Gasteiger partial charge in [-0.2, -0.15) is 57.1 Å². The number of amides is 4. The summed E-state index contributed by atoms with van der Waals surface area (Å²) in [5, 5.41) is 4.81. The molecule has 0 radical (unpaired) electrons. The molecule has 0 saturated carbocycles. The summed E-state index contributed by atoms with van der Waals surface area (Å²) in [7, 11) is -7.47. The van der Waals surface area contributed by atoms with E-state index in [2.05, 4.69) is 22.1 Å². The smallest absolute Gasteiger partial charge is 0.374 e. The monoisotopic (exact) mass is 855 g/mol. The predicted octanol–water partition coefficient (Wildman–Crippen LogP) is 3.76. The third-order valence-corrected chi connectivity index (χ3v) is 11.1. The topological polar surface area (TPSA) is 175 Å². The van der Waals surface area contributed by atoms with Crippen LogP contribution in [0.25, 0.3) is 0 Å². The normalized spacial score (nSPS) is 13.5. The number of nitrogens with two attached hydrogens (primary N) is 2. The fraction of sp³-hybridized carbons (Fsp3) is 0.913. The van der Waals surface area contributed by atoms with Crippen LogP contribution in [-0.2, 0) is 23.3 Å². The summed E-state index contributed by atoms with van der Waals surface area (Å²) >= 11 is 0. The van der Waals surface area contributed by atoms with Crippen molar-refractivity contribution < 1.29 is 92.5 Å². The Kier molecular flexibility index (Phi) is 23.1. The standard InChI is InChI=1S/C22H36F13N3O6SSi.CH4N2O.FH3Si/c1-5-42-46(43-6-2,44-7-3)15-9-12-37-16(39)36-11-8-13-38(4)45(40,41)14-10-17(23,24)18(25,26)19(27,28)20(29,30)21(31,32)22(33,34)35;2-1(3)4;1-2/h5-15H2,1-4H3,(H2,36,37,39);(H4,2,3,4);2H3. The van der Waals surface area contributed by atoms with E-state index in [1.54, 1.807) is 20.8 Å². The van der Waals surface area contributed by atoms with Crippen LogP contribution in [0.5, 0.6) is 0 Å². The van der Waals surface area contributed by atoms with Crippen LogP contribution in [0.1, 0.15) is 40.0 Å². The van der Waals surface area contributed by atoms with Crippen LogP contribution >= 0.6 is 0 Å². The first kappa shape index (κ1) is 54.1. The molecular formula is C23H43F14N5O7SSi2. The zero-order valence-corrected chi connectivity index (χ0v) is 32.3. The van der Waals surface area contributed by atoms with Crippen LogP contribution in [0, 0.1) is 0 Å². The van der Waals surface area contributed by atoms with Gasteiger partial charge in [0.15, 0.2) is 0 Å². The molecule has 0 rings (SSSR count). The minimum atomic E-state index is -8.07. The van der Waals surface area contributed by atoms with Crippen LogP contribution in [0.3, 0.4) is 0 Å². The molecule has 0 aliphatic rings. The van der Waals surface area contributed by atoms with Crippen molar-refractivity contribution in [3.05, 3.63) is 0 Å². The van der Waals surface area contributed by atoms with Crippen LogP contribution in [0.2, 0.25) is 6.04 Å². The Bertz CT molecular complexity index is 1160. The summed E-state index contributed by atoms with van der Waals surface area (Å²) < 4.78 is 223. The fourth-order valence-electron chi connectivity index (χ4n) is 3.59. The van der Waals surface area contributed by atoms with Crippen molar-refractivity contribution in [3.63, 3.8) is 0 Å². The number of carbonyl (C=O) groups excluding carboxylic acids is 2. The number of sulfonamides is 1. The molecule has 0 aromatic carbocycles. The largest absolute Gasteiger partial charge is 0.500 e. The number of hydrogen-bond donors (Lipinski definition) is 4. The van der Waals surface area contributed by atoms with Gasteiger partial charge in [0.2, 0.25) is 20.6 Å². The van der Waals surface area contributed by atoms with Crippen LogP contribution in [-0.4, -0.2) is 132 Å². The van der Waals surface area contributed by atoms with Gasteiger partial charge >= 0.3 is 56.7 Å². The number of rotatable bonds is 22. The molecule has 0 aromatic heterocycles. The van der Waals surface area contributed by atoms with Gasteiger partial charge in [-0.1, -0.05) is 0 Å². The van der Waals surface area contributed by atoms with Gasteiger partial charge in [0.25, 0.3) is 0 Å². The van der Waals surface area contributed by atoms with Crippen molar-refractivity contribution in [2.45, 2.75) is 81.9 Å². The summed E-state index contributed by atoms with van der Waals surface area (Å²) in [4.78, 5) is 20.9. The quantitative estimate of drug-likeness (QED) is 0.0555. The maximum atomic E-state index is 14.0. The Labute approximate surface area is 294 Å². The van der Waals surface area contributed by atoms with E-state index in [1.807, 2.05) is 0 Å². The highest BCUT2D eigenvalue weighted by molar-refractivity contribution is 7.89. The lowest BCUT2D eigenvalue weighted by Crippen LogP contribution is -2.70. The van der Waals surface area contributed by atoms with Crippen molar-refractivity contribution in [1.82, 2.24) is 14.9 Å². The maximum Gasteiger partial charge on any atom is 0.500 e. The van der Waals surface area contributed by atoms with E-state index in [-0.39, 0.29) is 34.4 Å². The summed E-state index contributed by atoms with van der Waals surface area (Å²) in [6.07, 6.45) is -10.2. The number of hydrogen-bond acceptors (Lipinski definition) is 7. The van der Waals surface area contributed by atoms with Crippen molar-refractivity contribution in [2.75, 3.05) is 52.3 Å². The van der Waals surface area contributed by atoms with Gasteiger partial charge < -0.3 is 39.5 Å². The molecule has 0 atom stereocenters. The molecule has 4 amide bonds. The van der Waals surface area contributed by atoms with Crippen molar-refractivity contribution in [2.24, 2.45) is 11.5 Å². The number of carbonyl (C=O) groups is 2. The first-order valence-corrected chi connectivity index (χ1v) is 18.9. The first-order chi connectivity index (χ1) is 23.4. The molecule has 0 unspecified atom stereocenters. The molecule has 12 nitrogen and oxygen atoms in total. The Hall–Kier alpha value is -2.22. The second kappa shape index (κ2) is 22.2. The molecule has 0 bridgehead atoms. The van der Waals surface area contributed by atoms with Gasteiger partial charge in [-0.25, -0.2) is 22.3 Å². The van der Waals surface area contributed by atoms with Crippen molar-refractivity contribution in [1.29, 1.82) is 0 Å². The van der Waals surface area contributed by atoms with E-state index in [0.717, 1.165) is 0 Å². The minimum absolute atomic E-state index is 0.139. The number of urea groups is 2.